The quantitative estimate of drug-likeness (QED) is 0.332. The van der Waals surface area contributed by atoms with Gasteiger partial charge in [0.05, 0.1) is 10.2 Å². The van der Waals surface area contributed by atoms with E-state index in [0.29, 0.717) is 11.1 Å². The first-order valence-corrected chi connectivity index (χ1v) is 11.9. The van der Waals surface area contributed by atoms with Gasteiger partial charge in [0.15, 0.2) is 0 Å². The molecule has 33 heavy (non-hydrogen) atoms. The molecule has 170 valence electrons. The van der Waals surface area contributed by atoms with Gasteiger partial charge in [-0.05, 0) is 66.3 Å². The lowest BCUT2D eigenvalue weighted by molar-refractivity contribution is 0.152. The van der Waals surface area contributed by atoms with Crippen LogP contribution in [0.4, 0.5) is 20.2 Å². The lowest BCUT2D eigenvalue weighted by atomic mass is 9.92. The van der Waals surface area contributed by atoms with E-state index in [1.54, 1.807) is 23.9 Å². The molecule has 0 saturated heterocycles. The van der Waals surface area contributed by atoms with E-state index in [2.05, 4.69) is 23.7 Å². The van der Waals surface area contributed by atoms with Crippen LogP contribution in [0.5, 0.6) is 0 Å². The fourth-order valence-electron chi connectivity index (χ4n) is 4.54. The molecule has 1 aliphatic rings. The van der Waals surface area contributed by atoms with Crippen LogP contribution in [0.3, 0.4) is 0 Å². The molecule has 3 heterocycles. The van der Waals surface area contributed by atoms with Crippen LogP contribution in [0.2, 0.25) is 0 Å². The van der Waals surface area contributed by atoms with Crippen LogP contribution in [0.1, 0.15) is 49.4 Å². The SMILES string of the molecule is CC(C)c1ccc(-c2cc3c(cc2C(F)F)N(c2ccc4sc(=O)n(C)c4c2)CCC3)cn1. The molecule has 0 atom stereocenters. The van der Waals surface area contributed by atoms with Crippen molar-refractivity contribution in [1.29, 1.82) is 0 Å². The molecule has 0 amide bonds. The number of aryl methyl sites for hydroxylation is 2. The highest BCUT2D eigenvalue weighted by Gasteiger charge is 2.25. The molecular weight excluding hydrogens is 440 g/mol. The molecule has 4 aromatic rings. The number of rotatable bonds is 4. The van der Waals surface area contributed by atoms with Crippen LogP contribution < -0.4 is 9.77 Å². The maximum Gasteiger partial charge on any atom is 0.307 e. The fraction of sp³-hybridized carbons (Fsp3) is 0.308. The molecule has 2 aromatic carbocycles. The predicted octanol–water partition coefficient (Wildman–Crippen LogP) is 6.81. The zero-order chi connectivity index (χ0) is 23.3. The van der Waals surface area contributed by atoms with Gasteiger partial charge in [0.2, 0.25) is 0 Å². The smallest absolute Gasteiger partial charge is 0.307 e. The number of hydrogen-bond donors (Lipinski definition) is 0. The third kappa shape index (κ3) is 3.84. The minimum Gasteiger partial charge on any atom is -0.341 e. The standard InChI is InChI=1S/C26H25F2N3OS/c1-15(2)21-8-6-17(14-29-21)19-11-16-5-4-10-31(22(16)13-20(19)25(27)28)18-7-9-24-23(12-18)30(3)26(32)33-24/h6-9,11-15,25H,4-5,10H2,1-3H3. The van der Waals surface area contributed by atoms with E-state index < -0.39 is 6.43 Å². The topological polar surface area (TPSA) is 38.1 Å². The summed E-state index contributed by atoms with van der Waals surface area (Å²) in [5, 5.41) is 0. The Labute approximate surface area is 195 Å². The molecule has 0 unspecified atom stereocenters. The molecule has 0 N–H and O–H groups in total. The number of fused-ring (bicyclic) bond motifs is 2. The van der Waals surface area contributed by atoms with Gasteiger partial charge < -0.3 is 9.47 Å². The van der Waals surface area contributed by atoms with Crippen LogP contribution in [-0.4, -0.2) is 16.1 Å². The van der Waals surface area contributed by atoms with Gasteiger partial charge in [0.25, 0.3) is 6.43 Å². The lowest BCUT2D eigenvalue weighted by Crippen LogP contribution is -2.25. The average Bonchev–Trinajstić information content (AvgIpc) is 3.10. The Bertz CT molecular complexity index is 1390. The summed E-state index contributed by atoms with van der Waals surface area (Å²) in [6, 6.07) is 13.2. The number of benzene rings is 2. The molecule has 0 bridgehead atoms. The Kier molecular flexibility index (Phi) is 5.52. The van der Waals surface area contributed by atoms with Gasteiger partial charge in [0.1, 0.15) is 0 Å². The highest BCUT2D eigenvalue weighted by molar-refractivity contribution is 7.16. The molecule has 1 aliphatic heterocycles. The first-order valence-electron chi connectivity index (χ1n) is 11.1. The average molecular weight is 466 g/mol. The van der Waals surface area contributed by atoms with Crippen molar-refractivity contribution in [1.82, 2.24) is 9.55 Å². The summed E-state index contributed by atoms with van der Waals surface area (Å²) < 4.78 is 31.0. The Morgan fingerprint density at radius 3 is 2.61 bits per heavy atom. The maximum absolute atomic E-state index is 14.2. The van der Waals surface area contributed by atoms with Gasteiger partial charge in [-0.2, -0.15) is 0 Å². The lowest BCUT2D eigenvalue weighted by Gasteiger charge is -2.32. The molecule has 7 heteroatoms. The number of thiazole rings is 1. The zero-order valence-corrected chi connectivity index (χ0v) is 19.6. The van der Waals surface area contributed by atoms with Crippen molar-refractivity contribution in [2.75, 3.05) is 11.4 Å². The van der Waals surface area contributed by atoms with Gasteiger partial charge in [-0.25, -0.2) is 8.78 Å². The maximum atomic E-state index is 14.2. The Hall–Kier alpha value is -3.06. The van der Waals surface area contributed by atoms with Gasteiger partial charge >= 0.3 is 4.87 Å². The summed E-state index contributed by atoms with van der Waals surface area (Å²) in [6.07, 6.45) is 0.859. The summed E-state index contributed by atoms with van der Waals surface area (Å²) in [5.74, 6) is 0.283. The Morgan fingerprint density at radius 1 is 1.09 bits per heavy atom. The van der Waals surface area contributed by atoms with Crippen molar-refractivity contribution >= 4 is 32.9 Å². The molecule has 0 spiro atoms. The van der Waals surface area contributed by atoms with Crippen molar-refractivity contribution in [3.8, 4) is 11.1 Å². The summed E-state index contributed by atoms with van der Waals surface area (Å²) in [6.45, 7) is 4.86. The molecule has 0 fully saturated rings. The van der Waals surface area contributed by atoms with E-state index >= 15 is 0 Å². The second kappa shape index (κ2) is 8.37. The van der Waals surface area contributed by atoms with Crippen LogP contribution in [0.15, 0.2) is 53.5 Å². The van der Waals surface area contributed by atoms with Crippen molar-refractivity contribution < 1.29 is 8.78 Å². The molecule has 0 saturated carbocycles. The summed E-state index contributed by atoms with van der Waals surface area (Å²) >= 11 is 1.21. The second-order valence-electron chi connectivity index (χ2n) is 8.83. The number of hydrogen-bond acceptors (Lipinski definition) is 4. The third-order valence-electron chi connectivity index (χ3n) is 6.38. The number of alkyl halides is 2. The monoisotopic (exact) mass is 465 g/mol. The van der Waals surface area contributed by atoms with Gasteiger partial charge in [0, 0.05) is 48.0 Å². The van der Waals surface area contributed by atoms with Crippen molar-refractivity contribution in [2.24, 2.45) is 7.05 Å². The predicted molar refractivity (Wildman–Crippen MR) is 131 cm³/mol. The van der Waals surface area contributed by atoms with E-state index in [4.69, 9.17) is 0 Å². The molecule has 4 nitrogen and oxygen atoms in total. The highest BCUT2D eigenvalue weighted by atomic mass is 32.1. The molecule has 2 aromatic heterocycles. The van der Waals surface area contributed by atoms with E-state index in [1.807, 2.05) is 36.4 Å². The van der Waals surface area contributed by atoms with E-state index in [0.717, 1.165) is 52.2 Å². The van der Waals surface area contributed by atoms with Gasteiger partial charge in [-0.15, -0.1) is 0 Å². The van der Waals surface area contributed by atoms with E-state index in [1.165, 1.54) is 11.3 Å². The Morgan fingerprint density at radius 2 is 1.91 bits per heavy atom. The van der Waals surface area contributed by atoms with Crippen molar-refractivity contribution in [3.63, 3.8) is 0 Å². The van der Waals surface area contributed by atoms with Crippen LogP contribution in [-0.2, 0) is 13.5 Å². The number of pyridine rings is 1. The Balaban J connectivity index is 1.62. The van der Waals surface area contributed by atoms with Crippen molar-refractivity contribution in [3.05, 3.63) is 75.1 Å². The third-order valence-corrected chi connectivity index (χ3v) is 7.39. The summed E-state index contributed by atoms with van der Waals surface area (Å²) in [7, 11) is 1.76. The first kappa shape index (κ1) is 21.8. The number of aromatic nitrogens is 2. The number of anilines is 2. The highest BCUT2D eigenvalue weighted by Crippen LogP contribution is 2.41. The van der Waals surface area contributed by atoms with Gasteiger partial charge in [-0.1, -0.05) is 31.3 Å². The van der Waals surface area contributed by atoms with Crippen LogP contribution in [0.25, 0.3) is 21.3 Å². The molecule has 0 radical (unpaired) electrons. The fourth-order valence-corrected chi connectivity index (χ4v) is 5.40. The van der Waals surface area contributed by atoms with Crippen LogP contribution in [0, 0.1) is 0 Å². The van der Waals surface area contributed by atoms with Crippen molar-refractivity contribution in [2.45, 2.75) is 39.0 Å². The summed E-state index contributed by atoms with van der Waals surface area (Å²) in [4.78, 5) is 18.6. The van der Waals surface area contributed by atoms with E-state index in [-0.39, 0.29) is 16.4 Å². The van der Waals surface area contributed by atoms with Crippen LogP contribution >= 0.6 is 11.3 Å². The van der Waals surface area contributed by atoms with E-state index in [9.17, 15) is 13.6 Å². The minimum atomic E-state index is -2.60. The zero-order valence-electron chi connectivity index (χ0n) is 18.8. The number of nitrogens with zero attached hydrogens (tertiary/aromatic N) is 3. The molecule has 5 rings (SSSR count). The number of halogens is 2. The molecule has 0 aliphatic carbocycles. The minimum absolute atomic E-state index is 0.0112. The molecular formula is C26H25F2N3OS. The first-order chi connectivity index (χ1) is 15.8. The largest absolute Gasteiger partial charge is 0.341 e. The normalized spacial score (nSPS) is 13.8. The summed E-state index contributed by atoms with van der Waals surface area (Å²) in [5.41, 5.74) is 5.85. The second-order valence-corrected chi connectivity index (χ2v) is 9.82. The van der Waals surface area contributed by atoms with Gasteiger partial charge in [-0.3, -0.25) is 9.78 Å².